The van der Waals surface area contributed by atoms with E-state index in [2.05, 4.69) is 308 Å². The van der Waals surface area contributed by atoms with E-state index in [1.54, 1.807) is 0 Å². The zero-order valence-corrected chi connectivity index (χ0v) is 62.2. The first-order valence-corrected chi connectivity index (χ1v) is 43.3. The first kappa shape index (κ1) is 69.8. The Balaban J connectivity index is 0.684. The van der Waals surface area contributed by atoms with Crippen LogP contribution in [0, 0.1) is 22.9 Å². The second-order valence-electron chi connectivity index (χ2n) is 28.7. The molecule has 0 radical (unpaired) electrons. The molecule has 4 nitrogen and oxygen atoms in total. The number of hydrogen-bond acceptors (Lipinski definition) is 4. The van der Waals surface area contributed by atoms with E-state index < -0.39 is 16.1 Å². The van der Waals surface area contributed by atoms with E-state index in [0.717, 1.165) is 200 Å². The van der Waals surface area contributed by atoms with Gasteiger partial charge < -0.3 is 17.7 Å². The van der Waals surface area contributed by atoms with E-state index in [4.69, 9.17) is 17.7 Å². The predicted molar refractivity (Wildman–Crippen MR) is 430 cm³/mol. The van der Waals surface area contributed by atoms with Gasteiger partial charge in [0, 0.05) is 77.9 Å². The third-order valence-electron chi connectivity index (χ3n) is 18.6. The number of rotatable bonds is 25. The minimum atomic E-state index is -1.45. The maximum absolute atomic E-state index is 6.50. The summed E-state index contributed by atoms with van der Waals surface area (Å²) in [6, 6.07) is 70.2. The second-order valence-corrected chi connectivity index (χ2v) is 38.2. The van der Waals surface area contributed by atoms with Crippen molar-refractivity contribution >= 4 is 40.5 Å². The van der Waals surface area contributed by atoms with E-state index in [9.17, 15) is 0 Å². The van der Waals surface area contributed by atoms with Gasteiger partial charge in [-0.15, -0.1) is 11.1 Å². The van der Waals surface area contributed by atoms with Gasteiger partial charge in [0.1, 0.15) is 39.2 Å². The van der Waals surface area contributed by atoms with Gasteiger partial charge in [-0.05, 0) is 131 Å². The number of furan rings is 4. The van der Waals surface area contributed by atoms with Crippen molar-refractivity contribution in [1.29, 1.82) is 0 Å². The van der Waals surface area contributed by atoms with E-state index >= 15 is 0 Å². The lowest BCUT2D eigenvalue weighted by molar-refractivity contribution is 0.579. The molecule has 0 fully saturated rings. The van der Waals surface area contributed by atoms with Crippen LogP contribution in [0.2, 0.25) is 39.3 Å². The smallest absolute Gasteiger partial charge is 0.137 e. The Labute approximate surface area is 597 Å². The molecule has 0 amide bonds. The Kier molecular flexibility index (Phi) is 22.5. The Morgan fingerprint density at radius 3 is 0.680 bits per heavy atom. The van der Waals surface area contributed by atoms with Gasteiger partial charge in [0.25, 0.3) is 0 Å². The van der Waals surface area contributed by atoms with Crippen LogP contribution in [0.25, 0.3) is 125 Å². The SMILES string of the molecule is CCCCc1c(-c2ccc(C#C[Si](C)(C)C)cc2)coc1-c1ccc(/C=C/c2ccc(-c3coc(-c4ccc(-c5ccc(-c6occ(-c7ccc(/C=C/c8ccc(-c9occ(-c%10ccc(C#C[Si](C)(C)C)cc%10)c9CCCC)cc8)cc7)c6CCCC)cc5)cc4)c3CCCC)cc2)cc1. The highest BCUT2D eigenvalue weighted by atomic mass is 28.3. The molecule has 0 bridgehead atoms. The molecule has 0 aliphatic carbocycles. The highest BCUT2D eigenvalue weighted by Gasteiger charge is 2.22. The molecular weight excluding hydrogens is 1250 g/mol. The van der Waals surface area contributed by atoms with Crippen molar-refractivity contribution in [2.75, 3.05) is 0 Å². The zero-order chi connectivity index (χ0) is 69.6. The fourth-order valence-corrected chi connectivity index (χ4v) is 14.0. The molecule has 502 valence electrons. The molecule has 4 heterocycles. The van der Waals surface area contributed by atoms with Crippen molar-refractivity contribution in [3.63, 3.8) is 0 Å². The van der Waals surface area contributed by atoms with Gasteiger partial charge in [-0.3, -0.25) is 0 Å². The topological polar surface area (TPSA) is 52.6 Å². The molecule has 0 saturated heterocycles. The summed E-state index contributed by atoms with van der Waals surface area (Å²) in [5, 5.41) is 0. The summed E-state index contributed by atoms with van der Waals surface area (Å²) in [6.45, 7) is 22.7. The Morgan fingerprint density at radius 1 is 0.260 bits per heavy atom. The number of benzene rings is 8. The minimum absolute atomic E-state index is 0.941. The lowest BCUT2D eigenvalue weighted by Gasteiger charge is -2.09. The van der Waals surface area contributed by atoms with Crippen LogP contribution in [0.15, 0.2) is 237 Å². The van der Waals surface area contributed by atoms with Gasteiger partial charge in [0.2, 0.25) is 0 Å². The molecule has 4 aromatic heterocycles. The molecule has 0 spiro atoms. The van der Waals surface area contributed by atoms with Crippen LogP contribution < -0.4 is 0 Å². The van der Waals surface area contributed by atoms with Crippen LogP contribution in [-0.2, 0) is 25.7 Å². The third kappa shape index (κ3) is 17.3. The van der Waals surface area contributed by atoms with Gasteiger partial charge in [-0.2, -0.15) is 0 Å². The second kappa shape index (κ2) is 32.3. The zero-order valence-electron chi connectivity index (χ0n) is 60.2. The third-order valence-corrected chi connectivity index (χ3v) is 20.4. The Morgan fingerprint density at radius 2 is 0.460 bits per heavy atom. The molecular formula is C94H94O4Si2. The molecule has 12 aromatic rings. The van der Waals surface area contributed by atoms with Crippen LogP contribution in [0.3, 0.4) is 0 Å². The first-order valence-electron chi connectivity index (χ1n) is 36.3. The summed E-state index contributed by atoms with van der Waals surface area (Å²) in [4.78, 5) is 0. The molecule has 8 aromatic carbocycles. The number of unbranched alkanes of at least 4 members (excludes halogenated alkanes) is 4. The van der Waals surface area contributed by atoms with Crippen molar-refractivity contribution in [3.05, 3.63) is 275 Å². The van der Waals surface area contributed by atoms with Crippen molar-refractivity contribution < 1.29 is 17.7 Å². The molecule has 100 heavy (non-hydrogen) atoms. The van der Waals surface area contributed by atoms with Gasteiger partial charge in [-0.1, -0.05) is 299 Å². The van der Waals surface area contributed by atoms with Crippen LogP contribution in [-0.4, -0.2) is 16.1 Å². The summed E-state index contributed by atoms with van der Waals surface area (Å²) in [6.07, 6.45) is 29.1. The Bertz CT molecular complexity index is 4560. The summed E-state index contributed by atoms with van der Waals surface area (Å²) in [7, 11) is -2.90. The van der Waals surface area contributed by atoms with Crippen molar-refractivity contribution in [2.24, 2.45) is 0 Å². The average Bonchev–Trinajstić information content (AvgIpc) is 1.69. The molecule has 0 atom stereocenters. The van der Waals surface area contributed by atoms with Crippen LogP contribution in [0.1, 0.15) is 135 Å². The summed E-state index contributed by atoms with van der Waals surface area (Å²) >= 11 is 0. The first-order chi connectivity index (χ1) is 48.6. The monoisotopic (exact) mass is 1340 g/mol. The van der Waals surface area contributed by atoms with Crippen LogP contribution in [0.4, 0.5) is 0 Å². The predicted octanol–water partition coefficient (Wildman–Crippen LogP) is 27.2. The fourth-order valence-electron chi connectivity index (χ4n) is 12.9. The van der Waals surface area contributed by atoms with E-state index in [1.807, 2.05) is 25.1 Å². The Hall–Kier alpha value is -10.1. The summed E-state index contributed by atoms with van der Waals surface area (Å²) in [5.74, 6) is 10.6. The molecule has 6 heteroatoms. The van der Waals surface area contributed by atoms with E-state index in [-0.39, 0.29) is 0 Å². The van der Waals surface area contributed by atoms with E-state index in [1.165, 1.54) is 33.4 Å². The van der Waals surface area contributed by atoms with Crippen molar-refractivity contribution in [1.82, 2.24) is 0 Å². The molecule has 0 aliphatic rings. The van der Waals surface area contributed by atoms with Gasteiger partial charge in [0.15, 0.2) is 0 Å². The average molecular weight is 1340 g/mol. The molecule has 12 rings (SSSR count). The molecule has 0 N–H and O–H groups in total. The fraction of sp³-hybridized carbons (Fsp3) is 0.234. The maximum Gasteiger partial charge on any atom is 0.137 e. The largest absolute Gasteiger partial charge is 0.463 e. The van der Waals surface area contributed by atoms with Crippen molar-refractivity contribution in [2.45, 2.75) is 144 Å². The van der Waals surface area contributed by atoms with E-state index in [0.29, 0.717) is 0 Å². The molecule has 0 saturated carbocycles. The quantitative estimate of drug-likeness (QED) is 0.0325. The van der Waals surface area contributed by atoms with Gasteiger partial charge >= 0.3 is 0 Å². The standard InChI is InChI=1S/C94H94O4Si2/c1-11-15-19-83-89(77-43-31-71(32-44-77)59-61-99(5,6)7)63-95-91(83)79-47-35-69(36-48-79)25-23-67-27-39-75(40-28-67)87-65-97-93(85(87)21-17-13-3)81-55-51-73(52-56-81)74-53-57-82(58-54-74)94-86(22-18-14-4)88(66-98-94)76-41-29-68(30-42-76)24-26-70-37-49-80(50-38-70)92-84(20-16-12-2)90(64-96-92)78-45-33-72(34-46-78)60-62-100(8,9)10/h23-58,63-66H,11-22H2,1-10H3/b25-23+,26-24+. The van der Waals surface area contributed by atoms with Crippen molar-refractivity contribution in [3.8, 4) is 124 Å². The normalized spacial score (nSPS) is 11.7. The van der Waals surface area contributed by atoms with Crippen LogP contribution in [0.5, 0.6) is 0 Å². The maximum atomic E-state index is 6.50. The summed E-state index contributed by atoms with van der Waals surface area (Å²) in [5.41, 5.74) is 34.6. The summed E-state index contributed by atoms with van der Waals surface area (Å²) < 4.78 is 25.7. The van der Waals surface area contributed by atoms with Crippen LogP contribution >= 0.6 is 0 Å². The lowest BCUT2D eigenvalue weighted by atomic mass is 9.94. The van der Waals surface area contributed by atoms with Gasteiger partial charge in [-0.25, -0.2) is 0 Å². The molecule has 0 aliphatic heterocycles. The van der Waals surface area contributed by atoms with Gasteiger partial charge in [0.05, 0.1) is 25.1 Å². The highest BCUT2D eigenvalue weighted by Crippen LogP contribution is 2.42. The molecule has 0 unspecified atom stereocenters. The minimum Gasteiger partial charge on any atom is -0.463 e. The lowest BCUT2D eigenvalue weighted by Crippen LogP contribution is -2.16. The number of hydrogen-bond donors (Lipinski definition) is 0. The highest BCUT2D eigenvalue weighted by molar-refractivity contribution is 6.84.